The molecule has 1 aliphatic heterocycles. The summed E-state index contributed by atoms with van der Waals surface area (Å²) in [6, 6.07) is 7.66. The Hall–Kier alpha value is -1.78. The Morgan fingerprint density at radius 2 is 1.96 bits per heavy atom. The average molecular weight is 411 g/mol. The lowest BCUT2D eigenvalue weighted by molar-refractivity contribution is 0.0173. The second kappa shape index (κ2) is 8.94. The minimum atomic E-state index is -3.69. The van der Waals surface area contributed by atoms with Gasteiger partial charge < -0.3 is 9.47 Å². The van der Waals surface area contributed by atoms with Crippen molar-refractivity contribution in [1.82, 2.24) is 9.62 Å². The second-order valence-corrected chi connectivity index (χ2v) is 8.64. The third kappa shape index (κ3) is 4.94. The molecule has 0 unspecified atom stereocenters. The van der Waals surface area contributed by atoms with Crippen molar-refractivity contribution in [2.45, 2.75) is 10.9 Å². The molecule has 2 aromatic rings. The molecule has 1 saturated heterocycles. The molecule has 1 N–H and O–H groups in total. The SMILES string of the molecule is COC(=O)c1ccc(S(=O)(=O)NC[C@@H](c2ccsc2)N2CCOCC2)cc1. The highest BCUT2D eigenvalue weighted by molar-refractivity contribution is 7.89. The number of morpholine rings is 1. The first-order valence-electron chi connectivity index (χ1n) is 8.53. The molecule has 1 fully saturated rings. The van der Waals surface area contributed by atoms with Gasteiger partial charge in [0.15, 0.2) is 0 Å². The van der Waals surface area contributed by atoms with E-state index in [4.69, 9.17) is 4.74 Å². The molecule has 0 aliphatic carbocycles. The van der Waals surface area contributed by atoms with Crippen molar-refractivity contribution in [3.63, 3.8) is 0 Å². The lowest BCUT2D eigenvalue weighted by atomic mass is 10.1. The lowest BCUT2D eigenvalue weighted by Crippen LogP contribution is -2.43. The first-order chi connectivity index (χ1) is 13.0. The van der Waals surface area contributed by atoms with Gasteiger partial charge in [0, 0.05) is 25.7 Å². The van der Waals surface area contributed by atoms with Crippen molar-refractivity contribution < 1.29 is 22.7 Å². The number of hydrogen-bond donors (Lipinski definition) is 1. The predicted molar refractivity (Wildman–Crippen MR) is 102 cm³/mol. The molecule has 1 atom stereocenters. The fourth-order valence-corrected chi connectivity index (χ4v) is 4.72. The third-order valence-electron chi connectivity index (χ3n) is 4.47. The summed E-state index contributed by atoms with van der Waals surface area (Å²) in [5.74, 6) is -0.503. The molecule has 146 valence electrons. The predicted octanol–water partition coefficient (Wildman–Crippen LogP) is 1.89. The van der Waals surface area contributed by atoms with Crippen LogP contribution in [0.2, 0.25) is 0 Å². The Morgan fingerprint density at radius 3 is 2.56 bits per heavy atom. The van der Waals surface area contributed by atoms with Gasteiger partial charge in [0.2, 0.25) is 10.0 Å². The standard InChI is InChI=1S/C18H22N2O5S2/c1-24-18(21)14-2-4-16(5-3-14)27(22,23)19-12-17(15-6-11-26-13-15)20-7-9-25-10-8-20/h2-6,11,13,17,19H,7-10,12H2,1H3/t17-/m0/s1. The van der Waals surface area contributed by atoms with Crippen LogP contribution >= 0.6 is 11.3 Å². The molecule has 1 aliphatic rings. The van der Waals surface area contributed by atoms with Crippen molar-refractivity contribution >= 4 is 27.3 Å². The summed E-state index contributed by atoms with van der Waals surface area (Å²) >= 11 is 1.59. The molecule has 0 saturated carbocycles. The van der Waals surface area contributed by atoms with Gasteiger partial charge in [-0.2, -0.15) is 11.3 Å². The second-order valence-electron chi connectivity index (χ2n) is 6.09. The fourth-order valence-electron chi connectivity index (χ4n) is 2.97. The summed E-state index contributed by atoms with van der Waals surface area (Å²) in [5, 5.41) is 4.03. The lowest BCUT2D eigenvalue weighted by Gasteiger charge is -2.34. The monoisotopic (exact) mass is 410 g/mol. The molecule has 0 bridgehead atoms. The molecule has 3 rings (SSSR count). The van der Waals surface area contributed by atoms with Crippen LogP contribution in [0.4, 0.5) is 0 Å². The van der Waals surface area contributed by atoms with Crippen molar-refractivity contribution in [1.29, 1.82) is 0 Å². The molecular formula is C18H22N2O5S2. The Bertz CT molecular complexity index is 844. The van der Waals surface area contributed by atoms with Crippen LogP contribution in [0.1, 0.15) is 22.0 Å². The molecule has 7 nitrogen and oxygen atoms in total. The molecule has 0 amide bonds. The van der Waals surface area contributed by atoms with Crippen molar-refractivity contribution in [2.24, 2.45) is 0 Å². The Kier molecular flexibility index (Phi) is 6.61. The number of nitrogens with zero attached hydrogens (tertiary/aromatic N) is 1. The number of ether oxygens (including phenoxy) is 2. The highest BCUT2D eigenvalue weighted by Crippen LogP contribution is 2.24. The Labute approximate surface area is 163 Å². The number of nitrogens with one attached hydrogen (secondary N) is 1. The summed E-state index contributed by atoms with van der Waals surface area (Å²) in [5.41, 5.74) is 1.39. The van der Waals surface area contributed by atoms with E-state index in [0.29, 0.717) is 18.8 Å². The van der Waals surface area contributed by atoms with E-state index in [0.717, 1.165) is 18.7 Å². The normalized spacial score (nSPS) is 16.8. The molecular weight excluding hydrogens is 388 g/mol. The van der Waals surface area contributed by atoms with E-state index < -0.39 is 16.0 Å². The van der Waals surface area contributed by atoms with Crippen LogP contribution in [-0.4, -0.2) is 59.2 Å². The van der Waals surface area contributed by atoms with E-state index >= 15 is 0 Å². The van der Waals surface area contributed by atoms with Crippen LogP contribution in [0.3, 0.4) is 0 Å². The minimum Gasteiger partial charge on any atom is -0.465 e. The first-order valence-corrected chi connectivity index (χ1v) is 11.0. The van der Waals surface area contributed by atoms with Crippen LogP contribution in [0.25, 0.3) is 0 Å². The number of rotatable bonds is 7. The third-order valence-corrected chi connectivity index (χ3v) is 6.61. The van der Waals surface area contributed by atoms with Gasteiger partial charge in [-0.05, 0) is 46.7 Å². The molecule has 1 aromatic heterocycles. The van der Waals surface area contributed by atoms with E-state index in [1.165, 1.54) is 31.4 Å². The van der Waals surface area contributed by atoms with Gasteiger partial charge in [-0.15, -0.1) is 0 Å². The first kappa shape index (κ1) is 20.0. The zero-order valence-corrected chi connectivity index (χ0v) is 16.6. The van der Waals surface area contributed by atoms with Crippen LogP contribution < -0.4 is 4.72 Å². The minimum absolute atomic E-state index is 0.0516. The van der Waals surface area contributed by atoms with Gasteiger partial charge in [0.25, 0.3) is 0 Å². The van der Waals surface area contributed by atoms with Crippen LogP contribution in [0.5, 0.6) is 0 Å². The van der Waals surface area contributed by atoms with Gasteiger partial charge in [-0.1, -0.05) is 0 Å². The number of esters is 1. The van der Waals surface area contributed by atoms with E-state index in [2.05, 4.69) is 14.4 Å². The quantitative estimate of drug-likeness (QED) is 0.702. The van der Waals surface area contributed by atoms with Gasteiger partial charge in [-0.3, -0.25) is 4.90 Å². The number of carbonyl (C=O) groups excluding carboxylic acids is 1. The Balaban J connectivity index is 1.72. The summed E-state index contributed by atoms with van der Waals surface area (Å²) in [7, 11) is -2.41. The highest BCUT2D eigenvalue weighted by atomic mass is 32.2. The molecule has 1 aromatic carbocycles. The number of methoxy groups -OCH3 is 1. The molecule has 0 spiro atoms. The van der Waals surface area contributed by atoms with Gasteiger partial charge in [-0.25, -0.2) is 17.9 Å². The summed E-state index contributed by atoms with van der Waals surface area (Å²) in [4.78, 5) is 13.8. The van der Waals surface area contributed by atoms with Crippen LogP contribution in [0.15, 0.2) is 46.0 Å². The van der Waals surface area contributed by atoms with Crippen molar-refractivity contribution in [3.8, 4) is 0 Å². The smallest absolute Gasteiger partial charge is 0.337 e. The number of sulfonamides is 1. The average Bonchev–Trinajstić information content (AvgIpc) is 3.23. The largest absolute Gasteiger partial charge is 0.465 e. The van der Waals surface area contributed by atoms with E-state index in [9.17, 15) is 13.2 Å². The summed E-state index contributed by atoms with van der Waals surface area (Å²) in [6.07, 6.45) is 0. The van der Waals surface area contributed by atoms with Crippen molar-refractivity contribution in [2.75, 3.05) is 40.0 Å². The van der Waals surface area contributed by atoms with Crippen molar-refractivity contribution in [3.05, 3.63) is 52.2 Å². The van der Waals surface area contributed by atoms with Gasteiger partial charge in [0.05, 0.1) is 30.8 Å². The van der Waals surface area contributed by atoms with Gasteiger partial charge in [0.1, 0.15) is 0 Å². The highest BCUT2D eigenvalue weighted by Gasteiger charge is 2.25. The molecule has 0 radical (unpaired) electrons. The van der Waals surface area contributed by atoms with E-state index in [-0.39, 0.29) is 17.5 Å². The summed E-state index contributed by atoms with van der Waals surface area (Å²) < 4.78 is 38.1. The van der Waals surface area contributed by atoms with Crippen LogP contribution in [-0.2, 0) is 19.5 Å². The number of benzene rings is 1. The number of carbonyl (C=O) groups is 1. The fraction of sp³-hybridized carbons (Fsp3) is 0.389. The topological polar surface area (TPSA) is 84.9 Å². The van der Waals surface area contributed by atoms with E-state index in [1.54, 1.807) is 11.3 Å². The molecule has 2 heterocycles. The molecule has 27 heavy (non-hydrogen) atoms. The van der Waals surface area contributed by atoms with Gasteiger partial charge >= 0.3 is 5.97 Å². The number of hydrogen-bond acceptors (Lipinski definition) is 7. The van der Waals surface area contributed by atoms with Crippen LogP contribution in [0, 0.1) is 0 Å². The molecule has 9 heteroatoms. The maximum atomic E-state index is 12.7. The number of thiophene rings is 1. The Morgan fingerprint density at radius 1 is 1.26 bits per heavy atom. The maximum absolute atomic E-state index is 12.7. The van der Waals surface area contributed by atoms with E-state index in [1.807, 2.05) is 16.8 Å². The summed E-state index contributed by atoms with van der Waals surface area (Å²) in [6.45, 7) is 3.06. The zero-order chi connectivity index (χ0) is 19.3. The zero-order valence-electron chi connectivity index (χ0n) is 15.0. The maximum Gasteiger partial charge on any atom is 0.337 e.